The molecule has 0 aliphatic carbocycles. The summed E-state index contributed by atoms with van der Waals surface area (Å²) in [4.78, 5) is 24.5. The van der Waals surface area contributed by atoms with Crippen molar-refractivity contribution in [1.29, 1.82) is 0 Å². The Hall–Kier alpha value is -1.98. The third-order valence-corrected chi connectivity index (χ3v) is 3.65. The molecule has 0 aromatic heterocycles. The fourth-order valence-corrected chi connectivity index (χ4v) is 1.93. The van der Waals surface area contributed by atoms with Crippen LogP contribution < -0.4 is 0 Å². The Labute approximate surface area is 128 Å². The number of carboxylic acid groups (broad SMARTS) is 1. The van der Waals surface area contributed by atoms with Crippen molar-refractivity contribution in [2.45, 2.75) is 33.7 Å². The molecule has 6 heteroatoms. The molecule has 0 spiro atoms. The fourth-order valence-electron chi connectivity index (χ4n) is 1.93. The Kier molecular flexibility index (Phi) is 6.46. The van der Waals surface area contributed by atoms with E-state index in [-0.39, 0.29) is 37.3 Å². The third kappa shape index (κ3) is 5.09. The smallest absolute Gasteiger partial charge is 0.305 e. The minimum absolute atomic E-state index is 0.0320. The molecule has 0 saturated heterocycles. The maximum absolute atomic E-state index is 13.3. The fraction of sp³-hybridized carbons (Fsp3) is 0.500. The summed E-state index contributed by atoms with van der Waals surface area (Å²) < 4.78 is 26.2. The molecule has 0 saturated carbocycles. The van der Waals surface area contributed by atoms with Crippen LogP contribution in [-0.4, -0.2) is 28.4 Å². The number of hydrogen-bond donors (Lipinski definition) is 1. The average molecular weight is 313 g/mol. The topological polar surface area (TPSA) is 57.6 Å². The van der Waals surface area contributed by atoms with Crippen molar-refractivity contribution in [2.24, 2.45) is 11.8 Å². The molecule has 1 aromatic rings. The maximum atomic E-state index is 13.3. The summed E-state index contributed by atoms with van der Waals surface area (Å²) in [7, 11) is 0. The molecule has 1 aromatic carbocycles. The first-order valence-corrected chi connectivity index (χ1v) is 7.17. The lowest BCUT2D eigenvalue weighted by Crippen LogP contribution is -2.38. The molecular formula is C16H21F2NO3. The molecule has 1 N–H and O–H groups in total. The van der Waals surface area contributed by atoms with Crippen LogP contribution in [0.4, 0.5) is 8.78 Å². The van der Waals surface area contributed by atoms with Gasteiger partial charge in [0.05, 0.1) is 6.42 Å². The molecular weight excluding hydrogens is 292 g/mol. The Bertz CT molecular complexity index is 546. The highest BCUT2D eigenvalue weighted by Gasteiger charge is 2.23. The minimum atomic E-state index is -1.01. The van der Waals surface area contributed by atoms with Gasteiger partial charge in [0.25, 0.3) is 0 Å². The van der Waals surface area contributed by atoms with Crippen LogP contribution in [0.1, 0.15) is 32.8 Å². The van der Waals surface area contributed by atoms with Crippen molar-refractivity contribution in [3.05, 3.63) is 35.4 Å². The van der Waals surface area contributed by atoms with Gasteiger partial charge < -0.3 is 10.0 Å². The molecule has 0 fully saturated rings. The zero-order valence-corrected chi connectivity index (χ0v) is 13.0. The standard InChI is InChI=1S/C16H21F2NO3/c1-10(2)11(3)16(22)19(7-6-15(20)21)9-12-4-5-13(17)14(18)8-12/h4-5,8,10-11H,6-7,9H2,1-3H3,(H,20,21). The summed E-state index contributed by atoms with van der Waals surface area (Å²) in [5.41, 5.74) is 0.425. The van der Waals surface area contributed by atoms with Gasteiger partial charge in [-0.05, 0) is 23.6 Å². The Balaban J connectivity index is 2.91. The van der Waals surface area contributed by atoms with Crippen LogP contribution in [0.15, 0.2) is 18.2 Å². The molecule has 1 unspecified atom stereocenters. The van der Waals surface area contributed by atoms with Crippen LogP contribution in [0.3, 0.4) is 0 Å². The molecule has 0 radical (unpaired) electrons. The SMILES string of the molecule is CC(C)C(C)C(=O)N(CCC(=O)O)Cc1ccc(F)c(F)c1. The predicted molar refractivity (Wildman–Crippen MR) is 78.0 cm³/mol. The number of carbonyl (C=O) groups excluding carboxylic acids is 1. The molecule has 0 aliphatic rings. The van der Waals surface area contributed by atoms with E-state index in [4.69, 9.17) is 5.11 Å². The number of rotatable bonds is 7. The molecule has 0 bridgehead atoms. The van der Waals surface area contributed by atoms with Gasteiger partial charge in [0.1, 0.15) is 0 Å². The van der Waals surface area contributed by atoms with E-state index >= 15 is 0 Å². The lowest BCUT2D eigenvalue weighted by atomic mass is 9.96. The summed E-state index contributed by atoms with van der Waals surface area (Å²) in [6.07, 6.45) is -0.194. The monoisotopic (exact) mass is 313 g/mol. The van der Waals surface area contributed by atoms with E-state index in [0.29, 0.717) is 5.56 Å². The third-order valence-electron chi connectivity index (χ3n) is 3.65. The highest BCUT2D eigenvalue weighted by Crippen LogP contribution is 2.17. The summed E-state index contributed by atoms with van der Waals surface area (Å²) in [6.45, 7) is 5.65. The van der Waals surface area contributed by atoms with Gasteiger partial charge in [-0.3, -0.25) is 9.59 Å². The zero-order valence-electron chi connectivity index (χ0n) is 13.0. The molecule has 4 nitrogen and oxygen atoms in total. The second kappa shape index (κ2) is 7.87. The zero-order chi connectivity index (χ0) is 16.9. The number of benzene rings is 1. The number of amides is 1. The van der Waals surface area contributed by atoms with Crippen LogP contribution in [0, 0.1) is 23.5 Å². The van der Waals surface area contributed by atoms with E-state index < -0.39 is 17.6 Å². The average Bonchev–Trinajstić information content (AvgIpc) is 2.45. The second-order valence-corrected chi connectivity index (χ2v) is 5.68. The number of nitrogens with zero attached hydrogens (tertiary/aromatic N) is 1. The van der Waals surface area contributed by atoms with Crippen molar-refractivity contribution in [3.63, 3.8) is 0 Å². The normalized spacial score (nSPS) is 12.3. The second-order valence-electron chi connectivity index (χ2n) is 5.68. The lowest BCUT2D eigenvalue weighted by Gasteiger charge is -2.27. The quantitative estimate of drug-likeness (QED) is 0.841. The minimum Gasteiger partial charge on any atom is -0.481 e. The van der Waals surface area contributed by atoms with Gasteiger partial charge in [0.2, 0.25) is 5.91 Å². The number of carbonyl (C=O) groups is 2. The molecule has 1 rings (SSSR count). The molecule has 22 heavy (non-hydrogen) atoms. The first-order chi connectivity index (χ1) is 10.2. The van der Waals surface area contributed by atoms with Crippen molar-refractivity contribution < 1.29 is 23.5 Å². The highest BCUT2D eigenvalue weighted by atomic mass is 19.2. The Morgan fingerprint density at radius 2 is 1.82 bits per heavy atom. The van der Waals surface area contributed by atoms with Gasteiger partial charge in [-0.25, -0.2) is 8.78 Å². The Morgan fingerprint density at radius 3 is 2.32 bits per heavy atom. The van der Waals surface area contributed by atoms with Crippen molar-refractivity contribution in [2.75, 3.05) is 6.54 Å². The first-order valence-electron chi connectivity index (χ1n) is 7.17. The van der Waals surface area contributed by atoms with Crippen molar-refractivity contribution in [3.8, 4) is 0 Å². The molecule has 1 amide bonds. The Morgan fingerprint density at radius 1 is 1.18 bits per heavy atom. The maximum Gasteiger partial charge on any atom is 0.305 e. The van der Waals surface area contributed by atoms with Crippen molar-refractivity contribution in [1.82, 2.24) is 4.90 Å². The molecule has 122 valence electrons. The van der Waals surface area contributed by atoms with E-state index in [9.17, 15) is 18.4 Å². The van der Waals surface area contributed by atoms with E-state index in [0.717, 1.165) is 12.1 Å². The van der Waals surface area contributed by atoms with Crippen LogP contribution in [-0.2, 0) is 16.1 Å². The number of hydrogen-bond acceptors (Lipinski definition) is 2. The van der Waals surface area contributed by atoms with E-state index in [1.54, 1.807) is 6.92 Å². The van der Waals surface area contributed by atoms with Gasteiger partial charge in [-0.1, -0.05) is 26.8 Å². The van der Waals surface area contributed by atoms with E-state index in [1.165, 1.54) is 11.0 Å². The van der Waals surface area contributed by atoms with Crippen LogP contribution in [0.2, 0.25) is 0 Å². The molecule has 0 aliphatic heterocycles. The van der Waals surface area contributed by atoms with Gasteiger partial charge in [-0.2, -0.15) is 0 Å². The predicted octanol–water partition coefficient (Wildman–Crippen LogP) is 3.06. The lowest BCUT2D eigenvalue weighted by molar-refractivity contribution is -0.140. The van der Waals surface area contributed by atoms with Gasteiger partial charge in [0, 0.05) is 19.0 Å². The van der Waals surface area contributed by atoms with E-state index in [1.807, 2.05) is 13.8 Å². The van der Waals surface area contributed by atoms with Crippen LogP contribution >= 0.6 is 0 Å². The van der Waals surface area contributed by atoms with Crippen LogP contribution in [0.5, 0.6) is 0 Å². The number of halogens is 2. The first kappa shape index (κ1) is 18.1. The van der Waals surface area contributed by atoms with Gasteiger partial charge in [0.15, 0.2) is 11.6 Å². The number of aliphatic carboxylic acids is 1. The summed E-state index contributed by atoms with van der Waals surface area (Å²) in [6, 6.07) is 3.41. The van der Waals surface area contributed by atoms with E-state index in [2.05, 4.69) is 0 Å². The largest absolute Gasteiger partial charge is 0.481 e. The summed E-state index contributed by atoms with van der Waals surface area (Å²) in [5.74, 6) is -3.33. The molecule has 1 atom stereocenters. The van der Waals surface area contributed by atoms with Gasteiger partial charge in [-0.15, -0.1) is 0 Å². The molecule has 0 heterocycles. The van der Waals surface area contributed by atoms with Crippen molar-refractivity contribution >= 4 is 11.9 Å². The van der Waals surface area contributed by atoms with Crippen LogP contribution in [0.25, 0.3) is 0 Å². The highest BCUT2D eigenvalue weighted by molar-refractivity contribution is 5.79. The number of carboxylic acids is 1. The summed E-state index contributed by atoms with van der Waals surface area (Å²) in [5, 5.41) is 8.79. The summed E-state index contributed by atoms with van der Waals surface area (Å²) >= 11 is 0. The van der Waals surface area contributed by atoms with Gasteiger partial charge >= 0.3 is 5.97 Å².